The molecule has 2 atom stereocenters. The van der Waals surface area contributed by atoms with Crippen LogP contribution < -0.4 is 10.2 Å². The van der Waals surface area contributed by atoms with E-state index in [1.54, 1.807) is 6.20 Å². The van der Waals surface area contributed by atoms with Gasteiger partial charge >= 0.3 is 0 Å². The summed E-state index contributed by atoms with van der Waals surface area (Å²) in [4.78, 5) is 19.6. The molecule has 0 radical (unpaired) electrons. The lowest BCUT2D eigenvalue weighted by Gasteiger charge is -2.33. The van der Waals surface area contributed by atoms with Gasteiger partial charge < -0.3 is 10.2 Å². The first-order chi connectivity index (χ1) is 14.5. The van der Waals surface area contributed by atoms with Gasteiger partial charge in [-0.25, -0.2) is 9.50 Å². The number of hydrogen-bond acceptors (Lipinski definition) is 4. The van der Waals surface area contributed by atoms with Crippen molar-refractivity contribution in [1.29, 1.82) is 0 Å². The molecule has 0 aliphatic carbocycles. The zero-order chi connectivity index (χ0) is 21.3. The van der Waals surface area contributed by atoms with Gasteiger partial charge in [-0.3, -0.25) is 4.79 Å². The van der Waals surface area contributed by atoms with Crippen molar-refractivity contribution in [3.8, 4) is 11.3 Å². The summed E-state index contributed by atoms with van der Waals surface area (Å²) in [6, 6.07) is 8.77. The number of amides is 1. The second-order valence-electron chi connectivity index (χ2n) is 8.53. The molecule has 3 heterocycles. The summed E-state index contributed by atoms with van der Waals surface area (Å²) in [6.07, 6.45) is 6.54. The van der Waals surface area contributed by atoms with E-state index in [2.05, 4.69) is 67.2 Å². The van der Waals surface area contributed by atoms with Crippen molar-refractivity contribution in [2.75, 3.05) is 18.0 Å². The highest BCUT2D eigenvalue weighted by Gasteiger charge is 2.28. The average molecular weight is 406 g/mol. The van der Waals surface area contributed by atoms with Gasteiger partial charge in [0, 0.05) is 37.1 Å². The highest BCUT2D eigenvalue weighted by Crippen LogP contribution is 2.30. The SMILES string of the molecule is CCC(C)NC(=O)C1CCCN(c2nccn3nc(-c4ccc(C)cc4C)cc23)C1. The van der Waals surface area contributed by atoms with Gasteiger partial charge in [0.15, 0.2) is 5.82 Å². The van der Waals surface area contributed by atoms with E-state index in [0.29, 0.717) is 6.54 Å². The van der Waals surface area contributed by atoms with Crippen LogP contribution in [-0.4, -0.2) is 39.6 Å². The van der Waals surface area contributed by atoms with Crippen molar-refractivity contribution in [2.45, 2.75) is 53.0 Å². The number of nitrogens with one attached hydrogen (secondary N) is 1. The Morgan fingerprint density at radius 2 is 2.13 bits per heavy atom. The minimum absolute atomic E-state index is 0.00320. The van der Waals surface area contributed by atoms with E-state index in [9.17, 15) is 4.79 Å². The van der Waals surface area contributed by atoms with Crippen LogP contribution in [0, 0.1) is 19.8 Å². The van der Waals surface area contributed by atoms with Crippen LogP contribution in [0.25, 0.3) is 16.8 Å². The molecule has 1 aliphatic heterocycles. The lowest BCUT2D eigenvalue weighted by atomic mass is 9.96. The number of benzene rings is 1. The monoisotopic (exact) mass is 405 g/mol. The standard InChI is InChI=1S/C24H31N5O/c1-5-18(4)26-24(30)19-7-6-11-28(15-19)23-22-14-21(27-29(22)12-10-25-23)20-9-8-16(2)13-17(20)3/h8-10,12-14,18-19H,5-7,11,15H2,1-4H3,(H,26,30). The zero-order valence-electron chi connectivity index (χ0n) is 18.4. The molecule has 6 nitrogen and oxygen atoms in total. The Kier molecular flexibility index (Phi) is 5.75. The van der Waals surface area contributed by atoms with Crippen LogP contribution >= 0.6 is 0 Å². The molecule has 158 valence electrons. The summed E-state index contributed by atoms with van der Waals surface area (Å²) >= 11 is 0. The van der Waals surface area contributed by atoms with E-state index in [-0.39, 0.29) is 17.9 Å². The zero-order valence-corrected chi connectivity index (χ0v) is 18.4. The van der Waals surface area contributed by atoms with Crippen molar-refractivity contribution in [2.24, 2.45) is 5.92 Å². The molecule has 0 saturated carbocycles. The minimum atomic E-state index is -0.00320. The Hall–Kier alpha value is -2.89. The molecule has 4 rings (SSSR count). The Morgan fingerprint density at radius 1 is 1.30 bits per heavy atom. The quantitative estimate of drug-likeness (QED) is 0.693. The number of piperidine rings is 1. The molecule has 2 unspecified atom stereocenters. The van der Waals surface area contributed by atoms with Crippen LogP contribution in [-0.2, 0) is 4.79 Å². The number of fused-ring (bicyclic) bond motifs is 1. The van der Waals surface area contributed by atoms with Crippen LogP contribution in [0.3, 0.4) is 0 Å². The minimum Gasteiger partial charge on any atom is -0.354 e. The molecule has 30 heavy (non-hydrogen) atoms. The lowest BCUT2D eigenvalue weighted by molar-refractivity contribution is -0.125. The molecule has 0 spiro atoms. The largest absolute Gasteiger partial charge is 0.354 e. The normalized spacial score (nSPS) is 17.9. The van der Waals surface area contributed by atoms with Gasteiger partial charge in [0.25, 0.3) is 0 Å². The van der Waals surface area contributed by atoms with Gasteiger partial charge in [0.1, 0.15) is 5.52 Å². The fraction of sp³-hybridized carbons (Fsp3) is 0.458. The van der Waals surface area contributed by atoms with E-state index in [1.165, 1.54) is 11.1 Å². The summed E-state index contributed by atoms with van der Waals surface area (Å²) in [5, 5.41) is 7.95. The van der Waals surface area contributed by atoms with Crippen LogP contribution in [0.15, 0.2) is 36.7 Å². The molecule has 0 bridgehead atoms. The topological polar surface area (TPSA) is 62.5 Å². The first-order valence-corrected chi connectivity index (χ1v) is 10.9. The number of carbonyl (C=O) groups excluding carboxylic acids is 1. The Labute approximate surface area is 178 Å². The summed E-state index contributed by atoms with van der Waals surface area (Å²) in [5.74, 6) is 1.06. The summed E-state index contributed by atoms with van der Waals surface area (Å²) < 4.78 is 1.90. The molecule has 3 aromatic rings. The third kappa shape index (κ3) is 4.04. The third-order valence-electron chi connectivity index (χ3n) is 6.12. The van der Waals surface area contributed by atoms with Gasteiger partial charge in [-0.05, 0) is 51.7 Å². The van der Waals surface area contributed by atoms with E-state index in [1.807, 2.05) is 10.7 Å². The van der Waals surface area contributed by atoms with E-state index >= 15 is 0 Å². The number of rotatable bonds is 5. The predicted molar refractivity (Wildman–Crippen MR) is 121 cm³/mol. The predicted octanol–water partition coefficient (Wildman–Crippen LogP) is 4.14. The number of aromatic nitrogens is 3. The molecule has 6 heteroatoms. The average Bonchev–Trinajstić information content (AvgIpc) is 3.17. The summed E-state index contributed by atoms with van der Waals surface area (Å²) in [7, 11) is 0. The molecule has 1 aliphatic rings. The van der Waals surface area contributed by atoms with Gasteiger partial charge in [0.2, 0.25) is 5.91 Å². The first-order valence-electron chi connectivity index (χ1n) is 10.9. The van der Waals surface area contributed by atoms with Crippen molar-refractivity contribution in [3.05, 3.63) is 47.8 Å². The third-order valence-corrected chi connectivity index (χ3v) is 6.12. The van der Waals surface area contributed by atoms with Gasteiger partial charge in [-0.1, -0.05) is 30.7 Å². The highest BCUT2D eigenvalue weighted by molar-refractivity contribution is 5.81. The second-order valence-corrected chi connectivity index (χ2v) is 8.53. The van der Waals surface area contributed by atoms with Crippen LogP contribution in [0.2, 0.25) is 0 Å². The van der Waals surface area contributed by atoms with E-state index < -0.39 is 0 Å². The number of nitrogens with zero attached hydrogens (tertiary/aromatic N) is 4. The molecule has 2 aromatic heterocycles. The summed E-state index contributed by atoms with van der Waals surface area (Å²) in [5.41, 5.74) is 5.53. The Balaban J connectivity index is 1.62. The van der Waals surface area contributed by atoms with Crippen LogP contribution in [0.5, 0.6) is 0 Å². The maximum Gasteiger partial charge on any atom is 0.225 e. The first kappa shape index (κ1) is 20.4. The molecular formula is C24H31N5O. The van der Waals surface area contributed by atoms with Crippen LogP contribution in [0.1, 0.15) is 44.2 Å². The number of anilines is 1. The number of hydrogen-bond donors (Lipinski definition) is 1. The maximum atomic E-state index is 12.7. The fourth-order valence-corrected chi connectivity index (χ4v) is 4.23. The van der Waals surface area contributed by atoms with Crippen molar-refractivity contribution < 1.29 is 4.79 Å². The van der Waals surface area contributed by atoms with Crippen molar-refractivity contribution in [3.63, 3.8) is 0 Å². The van der Waals surface area contributed by atoms with Gasteiger partial charge in [0.05, 0.1) is 11.6 Å². The molecule has 1 saturated heterocycles. The Morgan fingerprint density at radius 3 is 2.90 bits per heavy atom. The van der Waals surface area contributed by atoms with Crippen molar-refractivity contribution in [1.82, 2.24) is 19.9 Å². The number of aryl methyl sites for hydroxylation is 2. The van der Waals surface area contributed by atoms with E-state index in [0.717, 1.165) is 48.4 Å². The Bertz CT molecular complexity index is 1060. The van der Waals surface area contributed by atoms with Crippen molar-refractivity contribution >= 4 is 17.2 Å². The molecule has 1 N–H and O–H groups in total. The highest BCUT2D eigenvalue weighted by atomic mass is 16.2. The number of carbonyl (C=O) groups is 1. The molecule has 1 aromatic carbocycles. The van der Waals surface area contributed by atoms with Gasteiger partial charge in [-0.15, -0.1) is 0 Å². The lowest BCUT2D eigenvalue weighted by Crippen LogP contribution is -2.45. The van der Waals surface area contributed by atoms with Crippen LogP contribution in [0.4, 0.5) is 5.82 Å². The maximum absolute atomic E-state index is 12.7. The summed E-state index contributed by atoms with van der Waals surface area (Å²) in [6.45, 7) is 9.98. The van der Waals surface area contributed by atoms with E-state index in [4.69, 9.17) is 5.10 Å². The van der Waals surface area contributed by atoms with Gasteiger partial charge in [-0.2, -0.15) is 5.10 Å². The fourth-order valence-electron chi connectivity index (χ4n) is 4.23. The second kappa shape index (κ2) is 8.46. The smallest absolute Gasteiger partial charge is 0.225 e. The molecule has 1 fully saturated rings. The molecular weight excluding hydrogens is 374 g/mol. The molecule has 1 amide bonds.